The van der Waals surface area contributed by atoms with Gasteiger partial charge >= 0.3 is 0 Å². The third-order valence-corrected chi connectivity index (χ3v) is 5.97. The summed E-state index contributed by atoms with van der Waals surface area (Å²) in [5.74, 6) is 0.0428. The van der Waals surface area contributed by atoms with Gasteiger partial charge in [-0.3, -0.25) is 14.6 Å². The topological polar surface area (TPSA) is 71.0 Å². The molecule has 0 radical (unpaired) electrons. The molecule has 0 unspecified atom stereocenters. The summed E-state index contributed by atoms with van der Waals surface area (Å²) < 4.78 is 5.36. The first-order valence-electron chi connectivity index (χ1n) is 10.3. The van der Waals surface area contributed by atoms with Crippen molar-refractivity contribution < 1.29 is 14.3 Å². The lowest BCUT2D eigenvalue weighted by atomic mass is 10.0. The normalized spacial score (nSPS) is 17.7. The molecular weight excluding hydrogens is 378 g/mol. The number of benzene rings is 2. The number of aliphatic imine (C=N–C) groups is 1. The highest BCUT2D eigenvalue weighted by molar-refractivity contribution is 6.17. The molecule has 1 aliphatic carbocycles. The van der Waals surface area contributed by atoms with Crippen molar-refractivity contribution in [2.75, 3.05) is 23.9 Å². The van der Waals surface area contributed by atoms with Crippen molar-refractivity contribution in [3.63, 3.8) is 0 Å². The largest absolute Gasteiger partial charge is 0.495 e. The van der Waals surface area contributed by atoms with Crippen LogP contribution in [0.5, 0.6) is 5.75 Å². The maximum absolute atomic E-state index is 13.4. The second kappa shape index (κ2) is 7.94. The van der Waals surface area contributed by atoms with Crippen molar-refractivity contribution in [1.29, 1.82) is 0 Å². The monoisotopic (exact) mass is 405 g/mol. The summed E-state index contributed by atoms with van der Waals surface area (Å²) in [6, 6.07) is 9.59. The predicted octanol–water partition coefficient (Wildman–Crippen LogP) is 4.48. The number of amides is 2. The van der Waals surface area contributed by atoms with E-state index in [4.69, 9.17) is 9.73 Å². The Hall–Kier alpha value is -3.15. The predicted molar refractivity (Wildman–Crippen MR) is 119 cm³/mol. The summed E-state index contributed by atoms with van der Waals surface area (Å²) in [6.45, 7) is 5.93. The lowest BCUT2D eigenvalue weighted by Crippen LogP contribution is -2.42. The fraction of sp³-hybridized carbons (Fsp3) is 0.375. The zero-order valence-electron chi connectivity index (χ0n) is 17.9. The van der Waals surface area contributed by atoms with Crippen LogP contribution in [0.2, 0.25) is 0 Å². The van der Waals surface area contributed by atoms with Gasteiger partial charge in [0.05, 0.1) is 30.1 Å². The van der Waals surface area contributed by atoms with Crippen LogP contribution in [0.25, 0.3) is 0 Å². The van der Waals surface area contributed by atoms with Crippen LogP contribution in [0.15, 0.2) is 35.3 Å². The highest BCUT2D eigenvalue weighted by atomic mass is 16.5. The van der Waals surface area contributed by atoms with E-state index in [2.05, 4.69) is 5.32 Å². The van der Waals surface area contributed by atoms with Gasteiger partial charge < -0.3 is 15.0 Å². The van der Waals surface area contributed by atoms with Crippen LogP contribution >= 0.6 is 0 Å². The lowest BCUT2D eigenvalue weighted by Gasteiger charge is -2.25. The molecule has 1 fully saturated rings. The van der Waals surface area contributed by atoms with Gasteiger partial charge in [-0.2, -0.15) is 0 Å². The van der Waals surface area contributed by atoms with Crippen molar-refractivity contribution in [2.24, 2.45) is 10.9 Å². The molecule has 6 nitrogen and oxygen atoms in total. The number of rotatable bonds is 4. The third-order valence-electron chi connectivity index (χ3n) is 5.97. The van der Waals surface area contributed by atoms with E-state index in [-0.39, 0.29) is 24.3 Å². The Morgan fingerprint density at radius 2 is 1.97 bits per heavy atom. The summed E-state index contributed by atoms with van der Waals surface area (Å²) in [5.41, 5.74) is 6.21. The van der Waals surface area contributed by atoms with Gasteiger partial charge in [-0.15, -0.1) is 0 Å². The van der Waals surface area contributed by atoms with Crippen molar-refractivity contribution in [2.45, 2.75) is 40.0 Å². The third kappa shape index (κ3) is 3.70. The SMILES string of the molecule is COc1ccc(C)cc1NC(=O)CN1C(=O)[C@H]2CCCC2=Nc2cc(C)c(C)cc21. The van der Waals surface area contributed by atoms with E-state index in [0.717, 1.165) is 47.4 Å². The van der Waals surface area contributed by atoms with Crippen LogP contribution in [0, 0.1) is 26.7 Å². The number of ether oxygens (including phenoxy) is 1. The molecule has 4 rings (SSSR count). The van der Waals surface area contributed by atoms with Crippen molar-refractivity contribution in [1.82, 2.24) is 0 Å². The molecular formula is C24H27N3O3. The van der Waals surface area contributed by atoms with Crippen LogP contribution in [0.3, 0.4) is 0 Å². The van der Waals surface area contributed by atoms with Gasteiger partial charge in [0, 0.05) is 5.71 Å². The minimum Gasteiger partial charge on any atom is -0.495 e. The van der Waals surface area contributed by atoms with Gasteiger partial charge in [0.2, 0.25) is 11.8 Å². The first-order valence-corrected chi connectivity index (χ1v) is 10.3. The van der Waals surface area contributed by atoms with Crippen LogP contribution in [-0.2, 0) is 9.59 Å². The standard InChI is InChI=1S/C24H27N3O3/c1-14-8-9-22(30-4)20(10-14)26-23(28)13-27-21-12-16(3)15(2)11-19(21)25-18-7-5-6-17(18)24(27)29/h8-12,17H,5-7,13H2,1-4H3,(H,26,28)/t17-/m0/s1. The highest BCUT2D eigenvalue weighted by Crippen LogP contribution is 2.39. The first kappa shape index (κ1) is 20.1. The van der Waals surface area contributed by atoms with Gasteiger partial charge in [-0.25, -0.2) is 0 Å². The fourth-order valence-corrected chi connectivity index (χ4v) is 4.20. The number of hydrogen-bond acceptors (Lipinski definition) is 4. The quantitative estimate of drug-likeness (QED) is 0.815. The van der Waals surface area contributed by atoms with Gasteiger partial charge in [0.1, 0.15) is 12.3 Å². The molecule has 2 aliphatic rings. The zero-order chi connectivity index (χ0) is 21.4. The lowest BCUT2D eigenvalue weighted by molar-refractivity contribution is -0.123. The molecule has 0 saturated heterocycles. The minimum absolute atomic E-state index is 0.0420. The van der Waals surface area contributed by atoms with Gasteiger partial charge in [0.15, 0.2) is 0 Å². The van der Waals surface area contributed by atoms with Crippen molar-refractivity contribution >= 4 is 34.6 Å². The van der Waals surface area contributed by atoms with E-state index in [1.807, 2.05) is 51.1 Å². The molecule has 6 heteroatoms. The van der Waals surface area contributed by atoms with E-state index in [1.165, 1.54) is 0 Å². The van der Waals surface area contributed by atoms with Crippen LogP contribution in [0.1, 0.15) is 36.0 Å². The molecule has 0 bridgehead atoms. The molecule has 1 saturated carbocycles. The average Bonchev–Trinajstić information content (AvgIpc) is 3.13. The molecule has 1 heterocycles. The molecule has 30 heavy (non-hydrogen) atoms. The van der Waals surface area contributed by atoms with E-state index in [0.29, 0.717) is 17.1 Å². The number of carbonyl (C=O) groups is 2. The van der Waals surface area contributed by atoms with Gasteiger partial charge in [-0.05, 0) is 81.0 Å². The Bertz CT molecular complexity index is 1060. The van der Waals surface area contributed by atoms with E-state index in [1.54, 1.807) is 12.0 Å². The average molecular weight is 405 g/mol. The molecule has 0 spiro atoms. The number of carbonyl (C=O) groups excluding carboxylic acids is 2. The Kier molecular flexibility index (Phi) is 5.33. The van der Waals surface area contributed by atoms with Gasteiger partial charge in [-0.1, -0.05) is 6.07 Å². The molecule has 1 aliphatic heterocycles. The highest BCUT2D eigenvalue weighted by Gasteiger charge is 2.37. The molecule has 1 N–H and O–H groups in total. The van der Waals surface area contributed by atoms with Crippen LogP contribution < -0.4 is 15.0 Å². The summed E-state index contributed by atoms with van der Waals surface area (Å²) in [5, 5.41) is 2.91. The van der Waals surface area contributed by atoms with Crippen molar-refractivity contribution in [3.8, 4) is 5.75 Å². The molecule has 156 valence electrons. The summed E-state index contributed by atoms with van der Waals surface area (Å²) in [6.07, 6.45) is 2.58. The Morgan fingerprint density at radius 3 is 2.73 bits per heavy atom. The molecule has 2 amide bonds. The van der Waals surface area contributed by atoms with Crippen LogP contribution in [-0.4, -0.2) is 31.2 Å². The van der Waals surface area contributed by atoms with E-state index >= 15 is 0 Å². The van der Waals surface area contributed by atoms with Crippen molar-refractivity contribution in [3.05, 3.63) is 47.0 Å². The van der Waals surface area contributed by atoms with Crippen LogP contribution in [0.4, 0.5) is 17.1 Å². The fourth-order valence-electron chi connectivity index (χ4n) is 4.20. The Morgan fingerprint density at radius 1 is 1.20 bits per heavy atom. The Labute approximate surface area is 176 Å². The second-order valence-corrected chi connectivity index (χ2v) is 8.15. The number of nitrogens with one attached hydrogen (secondary N) is 1. The number of methoxy groups -OCH3 is 1. The summed E-state index contributed by atoms with van der Waals surface area (Å²) in [4.78, 5) is 32.8. The smallest absolute Gasteiger partial charge is 0.244 e. The minimum atomic E-state index is -0.266. The maximum Gasteiger partial charge on any atom is 0.244 e. The van der Waals surface area contributed by atoms with E-state index < -0.39 is 0 Å². The second-order valence-electron chi connectivity index (χ2n) is 8.15. The molecule has 2 aromatic carbocycles. The first-order chi connectivity index (χ1) is 14.4. The van der Waals surface area contributed by atoms with E-state index in [9.17, 15) is 9.59 Å². The molecule has 1 atom stereocenters. The molecule has 0 aromatic heterocycles. The number of anilines is 2. The number of hydrogen-bond donors (Lipinski definition) is 1. The summed E-state index contributed by atoms with van der Waals surface area (Å²) in [7, 11) is 1.57. The Balaban J connectivity index is 1.67. The van der Waals surface area contributed by atoms with Gasteiger partial charge in [0.25, 0.3) is 0 Å². The number of aryl methyl sites for hydroxylation is 3. The molecule has 2 aromatic rings. The zero-order valence-corrected chi connectivity index (χ0v) is 17.9. The number of nitrogens with zero attached hydrogens (tertiary/aromatic N) is 2. The maximum atomic E-state index is 13.4. The number of fused-ring (bicyclic) bond motifs is 2. The summed E-state index contributed by atoms with van der Waals surface area (Å²) >= 11 is 0.